The van der Waals surface area contributed by atoms with Crippen LogP contribution in [0.4, 0.5) is 5.69 Å². The van der Waals surface area contributed by atoms with Crippen LogP contribution in [0.25, 0.3) is 21.5 Å². The summed E-state index contributed by atoms with van der Waals surface area (Å²) in [6.45, 7) is 7.26. The highest BCUT2D eigenvalue weighted by molar-refractivity contribution is 6.23. The number of benzene rings is 3. The third-order valence-electron chi connectivity index (χ3n) is 13.3. The molecule has 2 N–H and O–H groups in total. The van der Waals surface area contributed by atoms with Crippen molar-refractivity contribution in [2.45, 2.75) is 84.2 Å². The van der Waals surface area contributed by atoms with Crippen molar-refractivity contribution in [1.29, 1.82) is 0 Å². The van der Waals surface area contributed by atoms with E-state index >= 15 is 0 Å². The number of hydrogen-bond acceptors (Lipinski definition) is 9. The molecule has 246 valence electrons. The van der Waals surface area contributed by atoms with Crippen molar-refractivity contribution in [3.8, 4) is 17.2 Å². The molecule has 0 amide bonds. The van der Waals surface area contributed by atoms with E-state index in [0.717, 1.165) is 25.7 Å². The smallest absolute Gasteiger partial charge is 0.339 e. The molecular weight excluding hydrogens is 586 g/mol. The standard InChI is InChI=1S/C37H44NO8/c1-34(2)12-6-13-35(3)28(34)11-14-36-17-21(9-10-29(35)36)37(40,18-36)19-44-33(39)24-16-27-32(46-20-45-27)31-22-7-5-8-26(43-4)23(22)15-25(30(24)31)38(41)42/h5,7-8,15-16,21,28-29,40-41H,6,9-14,17-20H2,1-4H3/q-1. The van der Waals surface area contributed by atoms with Gasteiger partial charge in [-0.25, -0.2) is 4.79 Å². The van der Waals surface area contributed by atoms with E-state index in [9.17, 15) is 20.3 Å². The molecule has 46 heavy (non-hydrogen) atoms. The van der Waals surface area contributed by atoms with Crippen molar-refractivity contribution >= 4 is 33.2 Å². The molecule has 2 bridgehead atoms. The maximum Gasteiger partial charge on any atom is 0.339 e. The minimum absolute atomic E-state index is 0.0551. The maximum atomic E-state index is 14.0. The van der Waals surface area contributed by atoms with Crippen LogP contribution in [0.5, 0.6) is 17.2 Å². The van der Waals surface area contributed by atoms with Gasteiger partial charge in [-0.2, -0.15) is 0 Å². The lowest BCUT2D eigenvalue weighted by molar-refractivity contribution is -0.145. The van der Waals surface area contributed by atoms with Gasteiger partial charge in [-0.3, -0.25) is 5.21 Å². The summed E-state index contributed by atoms with van der Waals surface area (Å²) in [6, 6.07) is 8.41. The molecule has 3 aromatic rings. The molecule has 9 heteroatoms. The van der Waals surface area contributed by atoms with Gasteiger partial charge in [-0.15, -0.1) is 0 Å². The molecule has 4 fully saturated rings. The third-order valence-corrected chi connectivity index (χ3v) is 13.3. The zero-order valence-corrected chi connectivity index (χ0v) is 27.2. The zero-order valence-electron chi connectivity index (χ0n) is 27.2. The zero-order chi connectivity index (χ0) is 32.2. The second-order valence-corrected chi connectivity index (χ2v) is 15.8. The first-order valence-corrected chi connectivity index (χ1v) is 16.8. The minimum Gasteiger partial charge on any atom is -0.733 e. The van der Waals surface area contributed by atoms with Gasteiger partial charge in [0.1, 0.15) is 18.0 Å². The molecule has 6 atom stereocenters. The summed E-state index contributed by atoms with van der Waals surface area (Å²) >= 11 is 0. The summed E-state index contributed by atoms with van der Waals surface area (Å²) in [6.07, 6.45) is 9.80. The van der Waals surface area contributed by atoms with Crippen molar-refractivity contribution in [3.63, 3.8) is 0 Å². The van der Waals surface area contributed by atoms with Crippen LogP contribution in [-0.4, -0.2) is 42.4 Å². The molecule has 6 unspecified atom stereocenters. The van der Waals surface area contributed by atoms with Crippen LogP contribution in [-0.2, 0) is 4.74 Å². The van der Waals surface area contributed by atoms with Gasteiger partial charge in [0.2, 0.25) is 6.79 Å². The lowest BCUT2D eigenvalue weighted by Crippen LogP contribution is -2.55. The number of rotatable bonds is 5. The highest BCUT2D eigenvalue weighted by atomic mass is 16.8. The van der Waals surface area contributed by atoms with Crippen molar-refractivity contribution in [3.05, 3.63) is 41.1 Å². The van der Waals surface area contributed by atoms with Crippen LogP contribution in [0.1, 0.15) is 88.9 Å². The molecule has 1 spiro atoms. The number of ether oxygens (including phenoxy) is 4. The number of carbonyl (C=O) groups excluding carboxylic acids is 1. The van der Waals surface area contributed by atoms with Gasteiger partial charge in [0, 0.05) is 16.2 Å². The van der Waals surface area contributed by atoms with E-state index in [-0.39, 0.29) is 52.0 Å². The van der Waals surface area contributed by atoms with Gasteiger partial charge in [-0.1, -0.05) is 39.3 Å². The fraction of sp³-hybridized carbons (Fsp3) is 0.595. The number of aliphatic hydroxyl groups is 1. The Balaban J connectivity index is 1.14. The number of esters is 1. The summed E-state index contributed by atoms with van der Waals surface area (Å²) in [5.74, 6) is 1.85. The molecule has 0 saturated heterocycles. The minimum atomic E-state index is -1.12. The van der Waals surface area contributed by atoms with Crippen LogP contribution in [0.15, 0.2) is 30.3 Å². The quantitative estimate of drug-likeness (QED) is 0.166. The van der Waals surface area contributed by atoms with Crippen LogP contribution in [0.3, 0.4) is 0 Å². The van der Waals surface area contributed by atoms with Crippen LogP contribution < -0.4 is 19.4 Å². The first-order chi connectivity index (χ1) is 21.9. The number of carbonyl (C=O) groups is 1. The molecule has 3 aromatic carbocycles. The fourth-order valence-corrected chi connectivity index (χ4v) is 11.6. The lowest BCUT2D eigenvalue weighted by Gasteiger charge is -2.64. The van der Waals surface area contributed by atoms with Gasteiger partial charge in [-0.05, 0) is 109 Å². The van der Waals surface area contributed by atoms with E-state index in [1.165, 1.54) is 44.9 Å². The molecule has 4 aliphatic carbocycles. The summed E-state index contributed by atoms with van der Waals surface area (Å²) < 4.78 is 23.1. The number of hydrogen-bond donors (Lipinski definition) is 2. The number of methoxy groups -OCH3 is 1. The summed E-state index contributed by atoms with van der Waals surface area (Å²) in [7, 11) is 1.52. The third kappa shape index (κ3) is 4.13. The van der Waals surface area contributed by atoms with E-state index in [4.69, 9.17) is 18.9 Å². The normalized spacial score (nSPS) is 33.8. The van der Waals surface area contributed by atoms with Gasteiger partial charge in [0.25, 0.3) is 0 Å². The maximum absolute atomic E-state index is 14.0. The Labute approximate surface area is 269 Å². The Bertz CT molecular complexity index is 1750. The molecule has 0 radical (unpaired) electrons. The van der Waals surface area contributed by atoms with Crippen molar-refractivity contribution in [2.75, 3.05) is 25.7 Å². The number of anilines is 1. The summed E-state index contributed by atoms with van der Waals surface area (Å²) in [5.41, 5.74) is -0.517. The first-order valence-electron chi connectivity index (χ1n) is 16.8. The van der Waals surface area contributed by atoms with Crippen LogP contribution >= 0.6 is 0 Å². The molecule has 4 saturated carbocycles. The Hall–Kier alpha value is -3.27. The number of nitrogens with zero attached hydrogens (tertiary/aromatic N) is 1. The van der Waals surface area contributed by atoms with Gasteiger partial charge < -0.3 is 34.5 Å². The van der Waals surface area contributed by atoms with Crippen molar-refractivity contribution < 1.29 is 34.1 Å². The fourth-order valence-electron chi connectivity index (χ4n) is 11.6. The lowest BCUT2D eigenvalue weighted by atomic mass is 9.41. The van der Waals surface area contributed by atoms with E-state index < -0.39 is 11.6 Å². The topological polar surface area (TPSA) is 121 Å². The van der Waals surface area contributed by atoms with E-state index in [1.807, 2.05) is 12.1 Å². The highest BCUT2D eigenvalue weighted by Gasteiger charge is 2.67. The predicted molar refractivity (Wildman–Crippen MR) is 173 cm³/mol. The molecular formula is C37H44NO8-. The van der Waals surface area contributed by atoms with E-state index in [2.05, 4.69) is 20.8 Å². The second-order valence-electron chi connectivity index (χ2n) is 15.8. The first kappa shape index (κ1) is 30.1. The molecule has 0 aromatic heterocycles. The molecule has 8 rings (SSSR count). The van der Waals surface area contributed by atoms with Gasteiger partial charge in [0.05, 0.1) is 18.4 Å². The summed E-state index contributed by atoms with van der Waals surface area (Å²) in [4.78, 5) is 14.0. The largest absolute Gasteiger partial charge is 0.733 e. The molecule has 1 heterocycles. The molecule has 9 nitrogen and oxygen atoms in total. The van der Waals surface area contributed by atoms with E-state index in [1.54, 1.807) is 6.07 Å². The summed E-state index contributed by atoms with van der Waals surface area (Å²) in [5, 5.41) is 36.7. The van der Waals surface area contributed by atoms with Crippen molar-refractivity contribution in [1.82, 2.24) is 0 Å². The van der Waals surface area contributed by atoms with Crippen LogP contribution in [0, 0.1) is 39.2 Å². The van der Waals surface area contributed by atoms with Gasteiger partial charge >= 0.3 is 5.97 Å². The Morgan fingerprint density at radius 3 is 2.65 bits per heavy atom. The van der Waals surface area contributed by atoms with Gasteiger partial charge in [0.15, 0.2) is 11.5 Å². The average molecular weight is 631 g/mol. The monoisotopic (exact) mass is 630 g/mol. The second kappa shape index (κ2) is 10.1. The average Bonchev–Trinajstić information content (AvgIpc) is 3.57. The van der Waals surface area contributed by atoms with Crippen molar-refractivity contribution in [2.24, 2.45) is 34.0 Å². The van der Waals surface area contributed by atoms with E-state index in [0.29, 0.717) is 57.1 Å². The predicted octanol–water partition coefficient (Wildman–Crippen LogP) is 7.74. The Kier molecular flexibility index (Phi) is 6.62. The SMILES string of the molecule is COc1cccc2c1cc(N([O-])O)c1c(C(=O)OCC3(O)CC45CCC6C(C)(C)CCCC6(C)C4CCC3C5)cc3c(c12)OCO3. The molecule has 5 aliphatic rings. The molecule has 1 aliphatic heterocycles. The number of fused-ring (bicyclic) bond motifs is 8. The Morgan fingerprint density at radius 2 is 1.87 bits per heavy atom. The Morgan fingerprint density at radius 1 is 1.04 bits per heavy atom. The highest BCUT2D eigenvalue weighted by Crippen LogP contribution is 2.73. The van der Waals surface area contributed by atoms with Crippen LogP contribution in [0.2, 0.25) is 0 Å².